The second-order valence-electron chi connectivity index (χ2n) is 7.82. The Labute approximate surface area is 188 Å². The molecule has 4 rings (SSSR count). The number of fused-ring (bicyclic) bond motifs is 1. The monoisotopic (exact) mass is 452 g/mol. The lowest BCUT2D eigenvalue weighted by Gasteiger charge is -2.32. The molecule has 10 heteroatoms. The van der Waals surface area contributed by atoms with E-state index in [0.29, 0.717) is 24.3 Å². The Kier molecular flexibility index (Phi) is 6.27. The van der Waals surface area contributed by atoms with Gasteiger partial charge in [-0.1, -0.05) is 0 Å². The van der Waals surface area contributed by atoms with Gasteiger partial charge < -0.3 is 20.1 Å². The lowest BCUT2D eigenvalue weighted by atomic mass is 10.1. The van der Waals surface area contributed by atoms with Crippen LogP contribution in [0.15, 0.2) is 58.6 Å². The van der Waals surface area contributed by atoms with E-state index in [-0.39, 0.29) is 28.1 Å². The third-order valence-corrected chi connectivity index (χ3v) is 5.58. The van der Waals surface area contributed by atoms with Crippen molar-refractivity contribution in [2.24, 2.45) is 5.11 Å². The van der Waals surface area contributed by atoms with Crippen LogP contribution < -0.4 is 10.9 Å². The van der Waals surface area contributed by atoms with Crippen molar-refractivity contribution < 1.29 is 13.6 Å². The first-order valence-electron chi connectivity index (χ1n) is 10.3. The second-order valence-corrected chi connectivity index (χ2v) is 7.82. The Bertz CT molecular complexity index is 1290. The van der Waals surface area contributed by atoms with E-state index in [1.807, 2.05) is 11.9 Å². The quantitative estimate of drug-likeness (QED) is 0.514. The van der Waals surface area contributed by atoms with E-state index in [9.17, 15) is 18.4 Å². The molecule has 2 heterocycles. The number of likely N-dealkylation sites (N-methyl/N-ethyl adjacent to an activating group) is 1. The molecule has 1 aliphatic heterocycles. The fourth-order valence-corrected chi connectivity index (χ4v) is 3.61. The Morgan fingerprint density at radius 3 is 2.42 bits per heavy atom. The zero-order valence-corrected chi connectivity index (χ0v) is 17.9. The van der Waals surface area contributed by atoms with Gasteiger partial charge >= 0.3 is 0 Å². The van der Waals surface area contributed by atoms with Crippen molar-refractivity contribution in [3.8, 4) is 0 Å². The van der Waals surface area contributed by atoms with Crippen molar-refractivity contribution in [1.82, 2.24) is 14.8 Å². The second kappa shape index (κ2) is 9.29. The van der Waals surface area contributed by atoms with Crippen LogP contribution in [0.2, 0.25) is 0 Å². The van der Waals surface area contributed by atoms with Crippen molar-refractivity contribution >= 4 is 28.2 Å². The SMILES string of the molecule is CN1CCN(C(=O)c2ccc(N/C=C(\N=N)c3cc4cc(F)c(F)cc4[nH]c3=O)cc2)CC1. The Hall–Kier alpha value is -3.92. The van der Waals surface area contributed by atoms with Crippen LogP contribution in [-0.4, -0.2) is 53.9 Å². The summed E-state index contributed by atoms with van der Waals surface area (Å²) in [7, 11) is 2.02. The van der Waals surface area contributed by atoms with Crippen LogP contribution in [-0.2, 0) is 0 Å². The number of carbonyl (C=O) groups is 1. The van der Waals surface area contributed by atoms with Gasteiger partial charge in [-0.3, -0.25) is 9.59 Å². The molecule has 0 radical (unpaired) electrons. The van der Waals surface area contributed by atoms with Gasteiger partial charge in [0.15, 0.2) is 11.6 Å². The first-order valence-corrected chi connectivity index (χ1v) is 10.3. The van der Waals surface area contributed by atoms with Crippen LogP contribution in [0.4, 0.5) is 14.5 Å². The first kappa shape index (κ1) is 22.3. The number of hydrogen-bond donors (Lipinski definition) is 3. The molecule has 2 aromatic carbocycles. The maximum absolute atomic E-state index is 13.6. The molecule has 0 bridgehead atoms. The van der Waals surface area contributed by atoms with Crippen LogP contribution in [0.3, 0.4) is 0 Å². The number of pyridine rings is 1. The molecule has 170 valence electrons. The van der Waals surface area contributed by atoms with E-state index in [1.165, 1.54) is 12.3 Å². The fourth-order valence-electron chi connectivity index (χ4n) is 3.61. The molecule has 0 unspecified atom stereocenters. The molecule has 3 aromatic rings. The van der Waals surface area contributed by atoms with Gasteiger partial charge in [0.1, 0.15) is 5.70 Å². The predicted molar refractivity (Wildman–Crippen MR) is 121 cm³/mol. The average Bonchev–Trinajstić information content (AvgIpc) is 2.81. The molecule has 0 aliphatic carbocycles. The maximum Gasteiger partial charge on any atom is 0.258 e. The average molecular weight is 452 g/mol. The molecule has 0 saturated carbocycles. The molecule has 1 aromatic heterocycles. The number of rotatable bonds is 5. The van der Waals surface area contributed by atoms with Gasteiger partial charge in [0, 0.05) is 55.1 Å². The summed E-state index contributed by atoms with van der Waals surface area (Å²) in [5.74, 6) is -2.14. The minimum absolute atomic E-state index is 0.000438. The van der Waals surface area contributed by atoms with E-state index in [1.54, 1.807) is 24.3 Å². The fraction of sp³-hybridized carbons (Fsp3) is 0.217. The van der Waals surface area contributed by atoms with E-state index < -0.39 is 17.2 Å². The van der Waals surface area contributed by atoms with E-state index in [2.05, 4.69) is 20.3 Å². The molecule has 1 aliphatic rings. The molecule has 1 fully saturated rings. The summed E-state index contributed by atoms with van der Waals surface area (Å²) in [5, 5.41) is 6.61. The number of amides is 1. The summed E-state index contributed by atoms with van der Waals surface area (Å²) >= 11 is 0. The summed E-state index contributed by atoms with van der Waals surface area (Å²) in [4.78, 5) is 31.5. The third kappa shape index (κ3) is 4.80. The molecule has 8 nitrogen and oxygen atoms in total. The molecular weight excluding hydrogens is 430 g/mol. The van der Waals surface area contributed by atoms with Gasteiger partial charge in [0.05, 0.1) is 11.1 Å². The van der Waals surface area contributed by atoms with Crippen LogP contribution in [0.1, 0.15) is 15.9 Å². The molecule has 3 N–H and O–H groups in total. The molecule has 33 heavy (non-hydrogen) atoms. The Balaban J connectivity index is 1.52. The Morgan fingerprint density at radius 1 is 1.09 bits per heavy atom. The minimum atomic E-state index is -1.07. The number of aromatic nitrogens is 1. The lowest BCUT2D eigenvalue weighted by Crippen LogP contribution is -2.47. The van der Waals surface area contributed by atoms with E-state index in [4.69, 9.17) is 5.53 Å². The normalized spacial score (nSPS) is 15.0. The third-order valence-electron chi connectivity index (χ3n) is 5.58. The number of halogens is 2. The van der Waals surface area contributed by atoms with Gasteiger partial charge in [0.25, 0.3) is 11.5 Å². The van der Waals surface area contributed by atoms with Gasteiger partial charge in [-0.15, -0.1) is 0 Å². The van der Waals surface area contributed by atoms with Gasteiger partial charge in [0.2, 0.25) is 0 Å². The van der Waals surface area contributed by atoms with Crippen molar-refractivity contribution in [1.29, 1.82) is 5.53 Å². The number of nitrogens with zero attached hydrogens (tertiary/aromatic N) is 3. The molecular formula is C23H22F2N6O2. The number of anilines is 1. The number of aromatic amines is 1. The molecule has 1 amide bonds. The minimum Gasteiger partial charge on any atom is -0.360 e. The highest BCUT2D eigenvalue weighted by Crippen LogP contribution is 2.21. The van der Waals surface area contributed by atoms with Crippen molar-refractivity contribution in [3.63, 3.8) is 0 Å². The summed E-state index contributed by atoms with van der Waals surface area (Å²) in [5.41, 5.74) is 8.20. The number of H-pyrrole nitrogens is 1. The maximum atomic E-state index is 13.6. The Morgan fingerprint density at radius 2 is 1.76 bits per heavy atom. The molecule has 0 atom stereocenters. The van der Waals surface area contributed by atoms with Crippen LogP contribution >= 0.6 is 0 Å². The van der Waals surface area contributed by atoms with Crippen LogP contribution in [0.5, 0.6) is 0 Å². The summed E-state index contributed by atoms with van der Waals surface area (Å²) in [6.07, 6.45) is 1.36. The lowest BCUT2D eigenvalue weighted by molar-refractivity contribution is 0.0664. The van der Waals surface area contributed by atoms with Crippen molar-refractivity contribution in [3.05, 3.63) is 81.8 Å². The summed E-state index contributed by atoms with van der Waals surface area (Å²) < 4.78 is 27.0. The predicted octanol–water partition coefficient (Wildman–Crippen LogP) is 3.64. The number of carbonyl (C=O) groups excluding carboxylic acids is 1. The highest BCUT2D eigenvalue weighted by Gasteiger charge is 2.20. The molecule has 0 spiro atoms. The largest absolute Gasteiger partial charge is 0.360 e. The number of piperazine rings is 1. The van der Waals surface area contributed by atoms with Gasteiger partial charge in [-0.25, -0.2) is 14.3 Å². The van der Waals surface area contributed by atoms with Crippen LogP contribution in [0.25, 0.3) is 16.6 Å². The summed E-state index contributed by atoms with van der Waals surface area (Å²) in [6.45, 7) is 3.04. The van der Waals surface area contributed by atoms with Crippen molar-refractivity contribution in [2.45, 2.75) is 0 Å². The van der Waals surface area contributed by atoms with Crippen molar-refractivity contribution in [2.75, 3.05) is 38.5 Å². The topological polar surface area (TPSA) is 105 Å². The van der Waals surface area contributed by atoms with E-state index >= 15 is 0 Å². The molecule has 1 saturated heterocycles. The zero-order valence-electron chi connectivity index (χ0n) is 17.9. The van der Waals surface area contributed by atoms with Crippen LogP contribution in [0, 0.1) is 17.2 Å². The van der Waals surface area contributed by atoms with Gasteiger partial charge in [-0.2, -0.15) is 5.11 Å². The number of nitrogens with one attached hydrogen (secondary N) is 3. The standard InChI is InChI=1S/C23H22F2N6O2/c1-30-6-8-31(9-7-30)23(33)14-2-4-16(5-3-14)27-13-21(29-26)17-10-15-11-18(24)19(25)12-20(15)28-22(17)32/h2-5,10-13,26-27H,6-9H2,1H3,(H,28,32)/b21-13-,29-26?. The van der Waals surface area contributed by atoms with Gasteiger partial charge in [-0.05, 0) is 43.4 Å². The van der Waals surface area contributed by atoms with E-state index in [0.717, 1.165) is 25.2 Å². The zero-order chi connectivity index (χ0) is 23.5. The highest BCUT2D eigenvalue weighted by atomic mass is 19.2. The highest BCUT2D eigenvalue weighted by molar-refractivity contribution is 5.94. The smallest absolute Gasteiger partial charge is 0.258 e. The number of benzene rings is 2. The summed E-state index contributed by atoms with van der Waals surface area (Å²) in [6, 6.07) is 10.0. The first-order chi connectivity index (χ1) is 15.9. The number of hydrogen-bond acceptors (Lipinski definition) is 6.